The van der Waals surface area contributed by atoms with Gasteiger partial charge in [0.1, 0.15) is 12.6 Å². The summed E-state index contributed by atoms with van der Waals surface area (Å²) in [5, 5.41) is 14.2. The molecule has 7 heteroatoms. The number of carbonyl (C=O) groups is 3. The Hall–Kier alpha value is -3.79. The molecule has 7 nitrogen and oxygen atoms in total. The third-order valence-electron chi connectivity index (χ3n) is 5.65. The minimum Gasteiger partial charge on any atom is -0.480 e. The van der Waals surface area contributed by atoms with Crippen molar-refractivity contribution in [2.75, 3.05) is 13.2 Å². The van der Waals surface area contributed by atoms with Crippen LogP contribution in [0.25, 0.3) is 11.1 Å². The number of fused-ring (bicyclic) bond motifs is 3. The number of hydrogen-bond acceptors (Lipinski definition) is 4. The highest BCUT2D eigenvalue weighted by atomic mass is 16.5. The number of carbonyl (C=O) groups excluding carboxylic acids is 2. The molecule has 0 heterocycles. The van der Waals surface area contributed by atoms with Gasteiger partial charge in [0.2, 0.25) is 5.91 Å². The second-order valence-corrected chi connectivity index (χ2v) is 7.93. The molecule has 0 radical (unpaired) electrons. The first-order valence-corrected chi connectivity index (χ1v) is 11.1. The van der Waals surface area contributed by atoms with E-state index in [1.54, 1.807) is 0 Å². The smallest absolute Gasteiger partial charge is 0.407 e. The highest BCUT2D eigenvalue weighted by Gasteiger charge is 2.28. The van der Waals surface area contributed by atoms with E-state index in [1.807, 2.05) is 24.3 Å². The summed E-state index contributed by atoms with van der Waals surface area (Å²) in [6, 6.07) is 15.3. The molecule has 1 atom stereocenters. The van der Waals surface area contributed by atoms with Crippen LogP contribution >= 0.6 is 0 Å². The molecule has 2 aromatic carbocycles. The molecule has 172 valence electrons. The van der Waals surface area contributed by atoms with Gasteiger partial charge in [0.25, 0.3) is 0 Å². The van der Waals surface area contributed by atoms with Gasteiger partial charge in [-0.3, -0.25) is 4.79 Å². The van der Waals surface area contributed by atoms with E-state index in [0.717, 1.165) is 11.1 Å². The molecule has 3 rings (SSSR count). The number of carboxylic acids is 1. The number of alkyl carbamates (subject to hydrolysis) is 1. The number of unbranched alkanes of at least 4 members (excludes halogenated alkanes) is 2. The van der Waals surface area contributed by atoms with Crippen LogP contribution in [0.1, 0.15) is 49.1 Å². The normalized spacial score (nSPS) is 12.7. The molecule has 2 amide bonds. The average Bonchev–Trinajstić information content (AvgIpc) is 3.13. The molecule has 1 aliphatic rings. The minimum atomic E-state index is -1.14. The quantitative estimate of drug-likeness (QED) is 0.359. The van der Waals surface area contributed by atoms with Gasteiger partial charge >= 0.3 is 12.1 Å². The maximum Gasteiger partial charge on any atom is 0.407 e. The van der Waals surface area contributed by atoms with Gasteiger partial charge in [0.15, 0.2) is 0 Å². The number of amides is 2. The lowest BCUT2D eigenvalue weighted by molar-refractivity contribution is -0.141. The maximum absolute atomic E-state index is 12.1. The van der Waals surface area contributed by atoms with Gasteiger partial charge in [-0.05, 0) is 35.1 Å². The number of aliphatic carboxylic acids is 1. The van der Waals surface area contributed by atoms with Crippen molar-refractivity contribution in [3.8, 4) is 23.5 Å². The molecule has 0 saturated heterocycles. The topological polar surface area (TPSA) is 105 Å². The van der Waals surface area contributed by atoms with Crippen molar-refractivity contribution in [2.45, 2.75) is 44.1 Å². The summed E-state index contributed by atoms with van der Waals surface area (Å²) in [5.74, 6) is 0.769. The van der Waals surface area contributed by atoms with Crippen LogP contribution < -0.4 is 10.6 Å². The maximum atomic E-state index is 12.1. The zero-order valence-electron chi connectivity index (χ0n) is 18.4. The van der Waals surface area contributed by atoms with Crippen molar-refractivity contribution < 1.29 is 24.2 Å². The van der Waals surface area contributed by atoms with Crippen LogP contribution in [0, 0.1) is 12.3 Å². The SMILES string of the molecule is C#CCC(NC(=O)CCCCCNC(=O)OCC1c2ccccc2-c2ccccc21)C(=O)O. The van der Waals surface area contributed by atoms with Crippen LogP contribution in [0.15, 0.2) is 48.5 Å². The minimum absolute atomic E-state index is 0.0192. The van der Waals surface area contributed by atoms with E-state index in [0.29, 0.717) is 25.8 Å². The summed E-state index contributed by atoms with van der Waals surface area (Å²) in [4.78, 5) is 35.0. The molecule has 1 unspecified atom stereocenters. The van der Waals surface area contributed by atoms with Crippen LogP contribution in [0.4, 0.5) is 4.79 Å². The van der Waals surface area contributed by atoms with Crippen molar-refractivity contribution in [1.29, 1.82) is 0 Å². The number of nitrogens with one attached hydrogen (secondary N) is 2. The highest BCUT2D eigenvalue weighted by molar-refractivity contribution is 5.83. The fourth-order valence-corrected chi connectivity index (χ4v) is 4.01. The zero-order chi connectivity index (χ0) is 23.6. The number of carboxylic acid groups (broad SMARTS) is 1. The first-order valence-electron chi connectivity index (χ1n) is 11.1. The molecule has 0 aliphatic heterocycles. The van der Waals surface area contributed by atoms with Crippen molar-refractivity contribution in [3.05, 3.63) is 59.7 Å². The number of benzene rings is 2. The van der Waals surface area contributed by atoms with E-state index in [-0.39, 0.29) is 31.3 Å². The number of rotatable bonds is 11. The summed E-state index contributed by atoms with van der Waals surface area (Å²) < 4.78 is 5.49. The molecular formula is C26H28N2O5. The fraction of sp³-hybridized carbons (Fsp3) is 0.346. The van der Waals surface area contributed by atoms with Gasteiger partial charge in [-0.2, -0.15) is 0 Å². The second kappa shape index (κ2) is 11.7. The van der Waals surface area contributed by atoms with Gasteiger partial charge in [-0.1, -0.05) is 55.0 Å². The predicted molar refractivity (Wildman–Crippen MR) is 125 cm³/mol. The van der Waals surface area contributed by atoms with E-state index < -0.39 is 18.1 Å². The van der Waals surface area contributed by atoms with Gasteiger partial charge in [0.05, 0.1) is 0 Å². The molecule has 3 N–H and O–H groups in total. The van der Waals surface area contributed by atoms with Crippen LogP contribution in [0.2, 0.25) is 0 Å². The van der Waals surface area contributed by atoms with Crippen molar-refractivity contribution in [2.24, 2.45) is 0 Å². The second-order valence-electron chi connectivity index (χ2n) is 7.93. The summed E-state index contributed by atoms with van der Waals surface area (Å²) in [5.41, 5.74) is 4.69. The Morgan fingerprint density at radius 2 is 1.64 bits per heavy atom. The molecule has 0 saturated carbocycles. The van der Waals surface area contributed by atoms with Gasteiger partial charge in [0, 0.05) is 25.3 Å². The molecule has 0 fully saturated rings. The van der Waals surface area contributed by atoms with Crippen LogP contribution in [-0.4, -0.2) is 42.3 Å². The van der Waals surface area contributed by atoms with Crippen molar-refractivity contribution >= 4 is 18.0 Å². The van der Waals surface area contributed by atoms with E-state index in [4.69, 9.17) is 16.3 Å². The predicted octanol–water partition coefficient (Wildman–Crippen LogP) is 3.68. The zero-order valence-corrected chi connectivity index (χ0v) is 18.4. The number of terminal acetylenes is 1. The largest absolute Gasteiger partial charge is 0.480 e. The van der Waals surface area contributed by atoms with Crippen LogP contribution in [0.5, 0.6) is 0 Å². The van der Waals surface area contributed by atoms with E-state index in [1.165, 1.54) is 11.1 Å². The average molecular weight is 449 g/mol. The van der Waals surface area contributed by atoms with Gasteiger partial charge in [-0.25, -0.2) is 9.59 Å². The van der Waals surface area contributed by atoms with Crippen LogP contribution in [0.3, 0.4) is 0 Å². The monoisotopic (exact) mass is 448 g/mol. The third kappa shape index (κ3) is 6.36. The highest BCUT2D eigenvalue weighted by Crippen LogP contribution is 2.44. The van der Waals surface area contributed by atoms with Crippen LogP contribution in [-0.2, 0) is 14.3 Å². The summed E-state index contributed by atoms with van der Waals surface area (Å²) in [6.45, 7) is 0.704. The van der Waals surface area contributed by atoms with Crippen molar-refractivity contribution in [3.63, 3.8) is 0 Å². The van der Waals surface area contributed by atoms with E-state index in [9.17, 15) is 14.4 Å². The molecular weight excluding hydrogens is 420 g/mol. The summed E-state index contributed by atoms with van der Waals surface area (Å²) >= 11 is 0. The van der Waals surface area contributed by atoms with Crippen molar-refractivity contribution in [1.82, 2.24) is 10.6 Å². The Balaban J connectivity index is 1.34. The molecule has 0 aromatic heterocycles. The lowest BCUT2D eigenvalue weighted by Crippen LogP contribution is -2.40. The first-order chi connectivity index (χ1) is 16.0. The summed E-state index contributed by atoms with van der Waals surface area (Å²) in [6.07, 6.45) is 6.79. The van der Waals surface area contributed by atoms with Gasteiger partial charge < -0.3 is 20.5 Å². The fourth-order valence-electron chi connectivity index (χ4n) is 4.01. The standard InChI is InChI=1S/C26H28N2O5/c1-2-10-23(25(30)31)28-24(29)15-4-3-9-16-27-26(32)33-17-22-20-13-7-5-11-18(20)19-12-6-8-14-21(19)22/h1,5-8,11-14,22-23H,3-4,9-10,15-17H2,(H,27,32)(H,28,29)(H,30,31). The molecule has 33 heavy (non-hydrogen) atoms. The van der Waals surface area contributed by atoms with Gasteiger partial charge in [-0.15, -0.1) is 12.3 Å². The molecule has 0 bridgehead atoms. The van der Waals surface area contributed by atoms with E-state index >= 15 is 0 Å². The number of hydrogen-bond donors (Lipinski definition) is 3. The Bertz CT molecular complexity index is 997. The summed E-state index contributed by atoms with van der Waals surface area (Å²) in [7, 11) is 0. The molecule has 2 aromatic rings. The Labute approximate surface area is 193 Å². The molecule has 1 aliphatic carbocycles. The lowest BCUT2D eigenvalue weighted by Gasteiger charge is -2.14. The Morgan fingerprint density at radius 3 is 2.24 bits per heavy atom. The third-order valence-corrected chi connectivity index (χ3v) is 5.65. The van der Waals surface area contributed by atoms with E-state index in [2.05, 4.69) is 40.8 Å². The lowest BCUT2D eigenvalue weighted by atomic mass is 9.98. The Morgan fingerprint density at radius 1 is 1.00 bits per heavy atom. The molecule has 0 spiro atoms. The first kappa shape index (κ1) is 23.9. The Kier molecular flexibility index (Phi) is 8.48. The number of ether oxygens (including phenoxy) is 1.